The molecule has 5 heterocycles. The van der Waals surface area contributed by atoms with Gasteiger partial charge in [-0.15, -0.1) is 0 Å². The Morgan fingerprint density at radius 2 is 0.500 bits per heavy atom. The number of hydrogen-bond donors (Lipinski definition) is 17. The first kappa shape index (κ1) is 46.0. The molecule has 0 aliphatic carbocycles. The molecule has 0 aromatic heterocycles. The van der Waals surface area contributed by atoms with E-state index in [2.05, 4.69) is 0 Å². The zero-order valence-electron chi connectivity index (χ0n) is 29.2. The van der Waals surface area contributed by atoms with Crippen LogP contribution in [0.2, 0.25) is 0 Å². The average Bonchev–Trinajstić information content (AvgIpc) is 3.18. The Morgan fingerprint density at radius 1 is 0.268 bits per heavy atom. The first-order chi connectivity index (χ1) is 26.4. The number of aliphatic hydroxyl groups is 17. The van der Waals surface area contributed by atoms with Crippen LogP contribution < -0.4 is 0 Å². The van der Waals surface area contributed by atoms with E-state index < -0.39 is 187 Å². The Morgan fingerprint density at radius 3 is 0.786 bits per heavy atom. The lowest BCUT2D eigenvalue weighted by molar-refractivity contribution is -0.350. The molecule has 5 aliphatic heterocycles. The van der Waals surface area contributed by atoms with E-state index in [-0.39, 0.29) is 0 Å². The summed E-state index contributed by atoms with van der Waals surface area (Å²) in [5.74, 6) is 0. The van der Waals surface area contributed by atoms with Gasteiger partial charge in [-0.1, -0.05) is 0 Å². The van der Waals surface area contributed by atoms with Crippen molar-refractivity contribution < 1.29 is 129 Å². The highest BCUT2D eigenvalue weighted by Gasteiger charge is 2.51. The van der Waals surface area contributed by atoms with E-state index >= 15 is 0 Å². The fraction of sp³-hybridized carbons (Fsp3) is 1.00. The second kappa shape index (κ2) is 19.6. The van der Waals surface area contributed by atoms with Crippen molar-refractivity contribution in [2.45, 2.75) is 154 Å². The van der Waals surface area contributed by atoms with Crippen LogP contribution in [0.5, 0.6) is 0 Å². The van der Waals surface area contributed by atoms with Crippen molar-refractivity contribution in [2.24, 2.45) is 0 Å². The maximum absolute atomic E-state index is 10.6. The summed E-state index contributed by atoms with van der Waals surface area (Å²) in [7, 11) is 0. The molecule has 0 radical (unpaired) electrons. The lowest BCUT2D eigenvalue weighted by Crippen LogP contribution is -2.63. The van der Waals surface area contributed by atoms with E-state index in [0.29, 0.717) is 0 Å². The molecule has 5 aliphatic rings. The minimum Gasteiger partial charge on any atom is -0.394 e. The molecule has 0 spiro atoms. The maximum atomic E-state index is 10.6. The zero-order chi connectivity index (χ0) is 41.3. The van der Waals surface area contributed by atoms with Gasteiger partial charge in [0.15, 0.2) is 31.5 Å². The maximum Gasteiger partial charge on any atom is 0.186 e. The summed E-state index contributed by atoms with van der Waals surface area (Å²) >= 11 is 0. The van der Waals surface area contributed by atoms with Crippen molar-refractivity contribution in [3.8, 4) is 0 Å². The summed E-state index contributed by atoms with van der Waals surface area (Å²) in [5, 5.41) is 173. The van der Waals surface area contributed by atoms with Gasteiger partial charge >= 0.3 is 0 Å². The van der Waals surface area contributed by atoms with Gasteiger partial charge in [0.2, 0.25) is 0 Å². The minimum absolute atomic E-state index is 0.669. The molecule has 328 valence electrons. The van der Waals surface area contributed by atoms with Crippen LogP contribution >= 0.6 is 0 Å². The summed E-state index contributed by atoms with van der Waals surface area (Å²) in [4.78, 5) is 0. The molecular weight excluding hydrogens is 776 g/mol. The molecule has 0 unspecified atom stereocenters. The van der Waals surface area contributed by atoms with E-state index in [1.165, 1.54) is 0 Å². The van der Waals surface area contributed by atoms with Gasteiger partial charge in [0.25, 0.3) is 0 Å². The van der Waals surface area contributed by atoms with Crippen LogP contribution in [-0.4, -0.2) is 273 Å². The molecule has 0 saturated carbocycles. The van der Waals surface area contributed by atoms with Gasteiger partial charge in [-0.3, -0.25) is 0 Å². The molecule has 0 aromatic rings. The Bertz CT molecular complexity index is 1210. The second-order valence-corrected chi connectivity index (χ2v) is 14.1. The van der Waals surface area contributed by atoms with Crippen LogP contribution in [0.4, 0.5) is 0 Å². The summed E-state index contributed by atoms with van der Waals surface area (Å²) in [6.07, 6.45) is -44.0. The predicted octanol–water partition coefficient (Wildman–Crippen LogP) is -11.9. The third kappa shape index (κ3) is 9.77. The normalized spacial score (nSPS) is 53.2. The Balaban J connectivity index is 1.15. The van der Waals surface area contributed by atoms with Crippen LogP contribution in [-0.2, 0) is 42.6 Å². The molecule has 5 saturated heterocycles. The molecular formula is C30H52O26. The quantitative estimate of drug-likeness (QED) is 0.0819. The summed E-state index contributed by atoms with van der Waals surface area (Å²) in [5.41, 5.74) is 0. The molecule has 0 aromatic carbocycles. The smallest absolute Gasteiger partial charge is 0.186 e. The highest BCUT2D eigenvalue weighted by atomic mass is 16.8. The molecule has 56 heavy (non-hydrogen) atoms. The van der Waals surface area contributed by atoms with Crippen LogP contribution in [0.3, 0.4) is 0 Å². The number of aliphatic hydroxyl groups excluding tert-OH is 17. The first-order valence-electron chi connectivity index (χ1n) is 17.6. The van der Waals surface area contributed by atoms with Gasteiger partial charge in [-0.25, -0.2) is 0 Å². The molecule has 0 amide bonds. The van der Waals surface area contributed by atoms with E-state index in [1.54, 1.807) is 0 Å². The van der Waals surface area contributed by atoms with E-state index in [1.807, 2.05) is 0 Å². The largest absolute Gasteiger partial charge is 0.394 e. The number of ether oxygens (including phenoxy) is 9. The van der Waals surface area contributed by atoms with E-state index in [4.69, 9.17) is 42.6 Å². The van der Waals surface area contributed by atoms with Crippen molar-refractivity contribution in [3.63, 3.8) is 0 Å². The van der Waals surface area contributed by atoms with Crippen LogP contribution in [0, 0.1) is 0 Å². The molecule has 5 fully saturated rings. The van der Waals surface area contributed by atoms with Crippen LogP contribution in [0.15, 0.2) is 0 Å². The molecule has 5 rings (SSSR count). The van der Waals surface area contributed by atoms with Crippen molar-refractivity contribution in [1.82, 2.24) is 0 Å². The Kier molecular flexibility index (Phi) is 16.1. The standard InChI is InChI=1S/C30H52O26/c31-1-6-11(32)17(38)22(43)27(53-6)49-3-8-13(34)19(40)24(45)29(55-8)51-5-10-15(36)20(41)25(46)30(56-10)50-4-9-14(35)18(39)23(44)28(54-9)48-2-7-12(33)16(37)21(42)26(47)52-7/h6-47H,1-5H2/t6-,7-,8-,9-,10-,11+,12+,13+,14+,15+,16+,17+,18+,19+,20+,21-,22-,23-,24-,25-,26-,27-,28-,29-,30-/m1/s1. The predicted molar refractivity (Wildman–Crippen MR) is 167 cm³/mol. The Hall–Kier alpha value is -1.04. The fourth-order valence-corrected chi connectivity index (χ4v) is 6.61. The summed E-state index contributed by atoms with van der Waals surface area (Å²) in [6.45, 7) is -3.57. The van der Waals surface area contributed by atoms with E-state index in [0.717, 1.165) is 0 Å². The number of hydrogen-bond acceptors (Lipinski definition) is 26. The van der Waals surface area contributed by atoms with Crippen molar-refractivity contribution >= 4 is 0 Å². The molecule has 25 atom stereocenters. The topological polar surface area (TPSA) is 427 Å². The number of rotatable bonds is 13. The van der Waals surface area contributed by atoms with E-state index in [9.17, 15) is 86.8 Å². The average molecular weight is 829 g/mol. The second-order valence-electron chi connectivity index (χ2n) is 14.1. The summed E-state index contributed by atoms with van der Waals surface area (Å²) < 4.78 is 48.5. The zero-order valence-corrected chi connectivity index (χ0v) is 29.2. The van der Waals surface area contributed by atoms with Gasteiger partial charge in [-0.2, -0.15) is 0 Å². The monoisotopic (exact) mass is 828 g/mol. The molecule has 0 bridgehead atoms. The van der Waals surface area contributed by atoms with Gasteiger partial charge < -0.3 is 129 Å². The van der Waals surface area contributed by atoms with Crippen LogP contribution in [0.25, 0.3) is 0 Å². The lowest BCUT2D eigenvalue weighted by atomic mass is 9.97. The minimum atomic E-state index is -1.96. The molecule has 26 nitrogen and oxygen atoms in total. The Labute approximate surface area is 316 Å². The molecule has 17 N–H and O–H groups in total. The summed E-state index contributed by atoms with van der Waals surface area (Å²) in [6, 6.07) is 0. The van der Waals surface area contributed by atoms with Crippen molar-refractivity contribution in [1.29, 1.82) is 0 Å². The molecule has 26 heteroatoms. The third-order valence-corrected chi connectivity index (χ3v) is 10.2. The third-order valence-electron chi connectivity index (χ3n) is 10.2. The highest BCUT2D eigenvalue weighted by molar-refractivity contribution is 4.95. The van der Waals surface area contributed by atoms with Crippen molar-refractivity contribution in [2.75, 3.05) is 33.0 Å². The van der Waals surface area contributed by atoms with Crippen molar-refractivity contribution in [3.05, 3.63) is 0 Å². The lowest BCUT2D eigenvalue weighted by Gasteiger charge is -2.44. The van der Waals surface area contributed by atoms with Gasteiger partial charge in [0, 0.05) is 0 Å². The van der Waals surface area contributed by atoms with Gasteiger partial charge in [-0.05, 0) is 0 Å². The van der Waals surface area contributed by atoms with Crippen LogP contribution in [0.1, 0.15) is 0 Å². The fourth-order valence-electron chi connectivity index (χ4n) is 6.61. The van der Waals surface area contributed by atoms with Gasteiger partial charge in [0.05, 0.1) is 33.0 Å². The SMILES string of the molecule is OC[C@H]1O[C@@H](OC[C@H]2O[C@@H](OC[C@H]3O[C@@H](OC[C@H]4O[C@@H](OC[C@H]5O[C@@H](O)[C@H](O)[C@@H](O)[C@H]5O)[C@H](O)[C@@H](O)[C@H]4O)[C@H](O)[C@@H](O)[C@H]3O)[C@H](O)[C@@H](O)[C@H]2O)[C@H](O)[C@@H](O)[C@H]1O. The highest BCUT2D eigenvalue weighted by Crippen LogP contribution is 2.30. The first-order valence-corrected chi connectivity index (χ1v) is 17.6. The van der Waals surface area contributed by atoms with Gasteiger partial charge in [0.1, 0.15) is 122 Å².